The van der Waals surface area contributed by atoms with Gasteiger partial charge in [0.25, 0.3) is 10.0 Å². The largest absolute Gasteiger partial charge is 0.398 e. The van der Waals surface area contributed by atoms with Crippen LogP contribution in [0.2, 0.25) is 10.0 Å². The molecule has 0 spiro atoms. The summed E-state index contributed by atoms with van der Waals surface area (Å²) in [6, 6.07) is 4.47. The van der Waals surface area contributed by atoms with Gasteiger partial charge in [0.2, 0.25) is 0 Å². The highest BCUT2D eigenvalue weighted by atomic mass is 79.9. The summed E-state index contributed by atoms with van der Waals surface area (Å²) in [5, 5.41) is 1.94. The molecule has 2 aromatic rings. The predicted molar refractivity (Wildman–Crippen MR) is 83.7 cm³/mol. The SMILES string of the molecule is Nc1csc(S(=O)(=O)Nc2c(Cl)cc(Br)cc2Cl)c1. The smallest absolute Gasteiger partial charge is 0.271 e. The Bertz CT molecular complexity index is 708. The Labute approximate surface area is 132 Å². The van der Waals surface area contributed by atoms with E-state index < -0.39 is 10.0 Å². The number of nitrogen functional groups attached to an aromatic ring is 1. The van der Waals surface area contributed by atoms with Crippen LogP contribution in [-0.2, 0) is 10.0 Å². The maximum atomic E-state index is 12.1. The summed E-state index contributed by atoms with van der Waals surface area (Å²) in [6.45, 7) is 0. The van der Waals surface area contributed by atoms with Gasteiger partial charge in [0.15, 0.2) is 0 Å². The zero-order valence-corrected chi connectivity index (χ0v) is 13.9. The number of nitrogens with two attached hydrogens (primary N) is 1. The number of hydrogen-bond acceptors (Lipinski definition) is 4. The van der Waals surface area contributed by atoms with Crippen molar-refractivity contribution in [2.24, 2.45) is 0 Å². The first-order valence-electron chi connectivity index (χ1n) is 4.81. The van der Waals surface area contributed by atoms with Gasteiger partial charge in [0, 0.05) is 15.5 Å². The van der Waals surface area contributed by atoms with Crippen LogP contribution in [0.3, 0.4) is 0 Å². The van der Waals surface area contributed by atoms with E-state index in [-0.39, 0.29) is 19.9 Å². The minimum Gasteiger partial charge on any atom is -0.398 e. The van der Waals surface area contributed by atoms with Crippen molar-refractivity contribution in [3.05, 3.63) is 38.1 Å². The summed E-state index contributed by atoms with van der Waals surface area (Å²) < 4.78 is 27.3. The maximum Gasteiger partial charge on any atom is 0.271 e. The molecular weight excluding hydrogens is 395 g/mol. The lowest BCUT2D eigenvalue weighted by Crippen LogP contribution is -2.12. The molecule has 4 nitrogen and oxygen atoms in total. The highest BCUT2D eigenvalue weighted by molar-refractivity contribution is 9.10. The number of anilines is 2. The van der Waals surface area contributed by atoms with Crippen LogP contribution < -0.4 is 10.5 Å². The first-order valence-corrected chi connectivity index (χ1v) is 8.72. The summed E-state index contributed by atoms with van der Waals surface area (Å²) >= 11 is 16.2. The van der Waals surface area contributed by atoms with Gasteiger partial charge in [-0.1, -0.05) is 39.1 Å². The molecule has 1 heterocycles. The van der Waals surface area contributed by atoms with Crippen molar-refractivity contribution in [2.75, 3.05) is 10.5 Å². The van der Waals surface area contributed by atoms with Crippen molar-refractivity contribution in [1.29, 1.82) is 0 Å². The lowest BCUT2D eigenvalue weighted by molar-refractivity contribution is 0.603. The van der Waals surface area contributed by atoms with Gasteiger partial charge in [0.1, 0.15) is 4.21 Å². The number of thiophene rings is 1. The zero-order valence-electron chi connectivity index (χ0n) is 9.15. The number of hydrogen-bond donors (Lipinski definition) is 2. The van der Waals surface area contributed by atoms with Crippen LogP contribution in [0.15, 0.2) is 32.3 Å². The molecular formula is C10H7BrCl2N2O2S2. The molecule has 1 aromatic carbocycles. The van der Waals surface area contributed by atoms with E-state index in [9.17, 15) is 8.42 Å². The van der Waals surface area contributed by atoms with Crippen LogP contribution in [0.5, 0.6) is 0 Å². The monoisotopic (exact) mass is 400 g/mol. The number of benzene rings is 1. The molecule has 0 radical (unpaired) electrons. The van der Waals surface area contributed by atoms with Crippen LogP contribution in [0.4, 0.5) is 11.4 Å². The fourth-order valence-electron chi connectivity index (χ4n) is 1.30. The van der Waals surface area contributed by atoms with Crippen molar-refractivity contribution in [1.82, 2.24) is 0 Å². The highest BCUT2D eigenvalue weighted by Gasteiger charge is 2.20. The Morgan fingerprint density at radius 2 is 1.79 bits per heavy atom. The second-order valence-electron chi connectivity index (χ2n) is 3.55. The minimum atomic E-state index is -3.75. The number of sulfonamides is 1. The molecule has 0 aliphatic rings. The van der Waals surface area contributed by atoms with Gasteiger partial charge in [-0.2, -0.15) is 0 Å². The molecule has 0 aliphatic carbocycles. The molecule has 19 heavy (non-hydrogen) atoms. The van der Waals surface area contributed by atoms with Gasteiger partial charge in [-0.15, -0.1) is 11.3 Å². The van der Waals surface area contributed by atoms with Gasteiger partial charge >= 0.3 is 0 Å². The highest BCUT2D eigenvalue weighted by Crippen LogP contribution is 2.36. The molecule has 0 fully saturated rings. The first-order chi connectivity index (χ1) is 8.79. The topological polar surface area (TPSA) is 72.2 Å². The number of rotatable bonds is 3. The molecule has 9 heteroatoms. The molecule has 0 aliphatic heterocycles. The standard InChI is InChI=1S/C10H7BrCl2N2O2S2/c11-5-1-7(12)10(8(13)2-5)15-19(16,17)9-3-6(14)4-18-9/h1-4,15H,14H2. The van der Waals surface area contributed by atoms with Gasteiger partial charge in [-0.25, -0.2) is 8.42 Å². The van der Waals surface area contributed by atoms with E-state index >= 15 is 0 Å². The number of nitrogens with one attached hydrogen (secondary N) is 1. The molecule has 0 amide bonds. The molecule has 0 atom stereocenters. The average Bonchev–Trinajstić information content (AvgIpc) is 2.71. The minimum absolute atomic E-state index is 0.0973. The van der Waals surface area contributed by atoms with Gasteiger partial charge in [-0.05, 0) is 18.2 Å². The Balaban J connectivity index is 2.41. The quantitative estimate of drug-likeness (QED) is 0.809. The maximum absolute atomic E-state index is 12.1. The normalized spacial score (nSPS) is 11.5. The van der Waals surface area contributed by atoms with Gasteiger partial charge in [-0.3, -0.25) is 4.72 Å². The molecule has 0 bridgehead atoms. The van der Waals surface area contributed by atoms with Crippen LogP contribution >= 0.6 is 50.5 Å². The van der Waals surface area contributed by atoms with Crippen molar-refractivity contribution >= 4 is 71.9 Å². The van der Waals surface area contributed by atoms with Crippen LogP contribution in [-0.4, -0.2) is 8.42 Å². The summed E-state index contributed by atoms with van der Waals surface area (Å²) in [6.07, 6.45) is 0. The first kappa shape index (κ1) is 14.9. The fraction of sp³-hybridized carbons (Fsp3) is 0. The van der Waals surface area contributed by atoms with E-state index in [4.69, 9.17) is 28.9 Å². The van der Waals surface area contributed by atoms with E-state index in [1.165, 1.54) is 6.07 Å². The lowest BCUT2D eigenvalue weighted by Gasteiger charge is -2.10. The number of halogens is 3. The summed E-state index contributed by atoms with van der Waals surface area (Å²) in [5.41, 5.74) is 6.03. The van der Waals surface area contributed by atoms with Crippen molar-refractivity contribution in [3.63, 3.8) is 0 Å². The third kappa shape index (κ3) is 3.35. The Hall–Kier alpha value is -0.470. The van der Waals surface area contributed by atoms with E-state index in [2.05, 4.69) is 20.7 Å². The fourth-order valence-corrected chi connectivity index (χ4v) is 4.89. The Morgan fingerprint density at radius 1 is 1.21 bits per heavy atom. The molecule has 102 valence electrons. The Morgan fingerprint density at radius 3 is 2.26 bits per heavy atom. The molecule has 0 unspecified atom stereocenters. The van der Waals surface area contributed by atoms with E-state index in [1.807, 2.05) is 0 Å². The summed E-state index contributed by atoms with van der Waals surface area (Å²) in [5.74, 6) is 0. The third-order valence-electron chi connectivity index (χ3n) is 2.10. The molecule has 2 rings (SSSR count). The van der Waals surface area contributed by atoms with Crippen molar-refractivity contribution < 1.29 is 8.42 Å². The summed E-state index contributed by atoms with van der Waals surface area (Å²) in [4.78, 5) is 0. The lowest BCUT2D eigenvalue weighted by atomic mass is 10.3. The zero-order chi connectivity index (χ0) is 14.2. The van der Waals surface area contributed by atoms with Gasteiger partial charge < -0.3 is 5.73 Å². The predicted octanol–water partition coefficient (Wildman–Crippen LogP) is 4.20. The van der Waals surface area contributed by atoms with Crippen LogP contribution in [0, 0.1) is 0 Å². The molecule has 1 aromatic heterocycles. The second-order valence-corrected chi connectivity index (χ2v) is 8.10. The van der Waals surface area contributed by atoms with Crippen molar-refractivity contribution in [2.45, 2.75) is 4.21 Å². The van der Waals surface area contributed by atoms with E-state index in [0.29, 0.717) is 10.2 Å². The van der Waals surface area contributed by atoms with E-state index in [1.54, 1.807) is 17.5 Å². The van der Waals surface area contributed by atoms with Crippen LogP contribution in [0.25, 0.3) is 0 Å². The summed E-state index contributed by atoms with van der Waals surface area (Å²) in [7, 11) is -3.75. The molecule has 3 N–H and O–H groups in total. The van der Waals surface area contributed by atoms with Crippen molar-refractivity contribution in [3.8, 4) is 0 Å². The van der Waals surface area contributed by atoms with Gasteiger partial charge in [0.05, 0.1) is 15.7 Å². The Kier molecular flexibility index (Phi) is 4.32. The molecule has 0 saturated heterocycles. The second kappa shape index (κ2) is 5.49. The van der Waals surface area contributed by atoms with Crippen LogP contribution in [0.1, 0.15) is 0 Å². The molecule has 0 saturated carbocycles. The third-order valence-corrected chi connectivity index (χ3v) is 5.97. The average molecular weight is 402 g/mol. The van der Waals surface area contributed by atoms with E-state index in [0.717, 1.165) is 11.3 Å².